The van der Waals surface area contributed by atoms with Gasteiger partial charge in [-0.1, -0.05) is 97.1 Å². The van der Waals surface area contributed by atoms with E-state index in [1.165, 1.54) is 49.2 Å². The molecule has 3 nitrogen and oxygen atoms in total. The Morgan fingerprint density at radius 1 is 0.543 bits per heavy atom. The summed E-state index contributed by atoms with van der Waals surface area (Å²) < 4.78 is 11.1. The van der Waals surface area contributed by atoms with Crippen LogP contribution in [0.2, 0.25) is 0 Å². The third-order valence-electron chi connectivity index (χ3n) is 9.47. The summed E-state index contributed by atoms with van der Waals surface area (Å²) in [5.41, 5.74) is 9.14. The summed E-state index contributed by atoms with van der Waals surface area (Å²) in [6.07, 6.45) is 8.39. The second-order valence-corrected chi connectivity index (χ2v) is 12.1. The lowest BCUT2D eigenvalue weighted by atomic mass is 10.1. The predicted molar refractivity (Wildman–Crippen MR) is 194 cm³/mol. The average molecular weight is 593 g/mol. The number of hydrogen-bond acceptors (Lipinski definition) is 1. The molecule has 3 heteroatoms. The molecule has 0 bridgehead atoms. The predicted octanol–water partition coefficient (Wildman–Crippen LogP) is 11.7. The van der Waals surface area contributed by atoms with Crippen molar-refractivity contribution in [2.24, 2.45) is 0 Å². The van der Waals surface area contributed by atoms with E-state index in [0.29, 0.717) is 0 Å². The van der Waals surface area contributed by atoms with Gasteiger partial charge in [0, 0.05) is 49.0 Å². The Balaban J connectivity index is 1.04. The Morgan fingerprint density at radius 3 is 1.67 bits per heavy atom. The van der Waals surface area contributed by atoms with E-state index in [2.05, 4.69) is 167 Å². The highest BCUT2D eigenvalue weighted by atomic mass is 16.3. The van der Waals surface area contributed by atoms with Gasteiger partial charge >= 0.3 is 0 Å². The van der Waals surface area contributed by atoms with Gasteiger partial charge in [0.15, 0.2) is 0 Å². The van der Waals surface area contributed by atoms with Gasteiger partial charge in [0.25, 0.3) is 0 Å². The summed E-state index contributed by atoms with van der Waals surface area (Å²) in [4.78, 5) is 0. The summed E-state index contributed by atoms with van der Waals surface area (Å²) in [7, 11) is 0. The molecular formula is C43H32N2O. The van der Waals surface area contributed by atoms with Gasteiger partial charge in [0.2, 0.25) is 0 Å². The molecule has 46 heavy (non-hydrogen) atoms. The number of para-hydroxylation sites is 4. The van der Waals surface area contributed by atoms with Crippen LogP contribution in [0, 0.1) is 0 Å². The van der Waals surface area contributed by atoms with Crippen LogP contribution < -0.4 is 0 Å². The van der Waals surface area contributed by atoms with Crippen molar-refractivity contribution in [3.63, 3.8) is 0 Å². The van der Waals surface area contributed by atoms with E-state index >= 15 is 0 Å². The fourth-order valence-corrected chi connectivity index (χ4v) is 7.35. The monoisotopic (exact) mass is 592 g/mol. The first-order valence-corrected chi connectivity index (χ1v) is 16.0. The Labute approximate surface area is 266 Å². The Bertz CT molecular complexity index is 2520. The minimum atomic E-state index is 0.167. The van der Waals surface area contributed by atoms with Crippen LogP contribution in [-0.4, -0.2) is 9.13 Å². The highest BCUT2D eigenvalue weighted by Gasteiger charge is 2.16. The third kappa shape index (κ3) is 4.13. The van der Waals surface area contributed by atoms with Crippen molar-refractivity contribution < 1.29 is 4.42 Å². The number of furan rings is 1. The van der Waals surface area contributed by atoms with Crippen LogP contribution in [0.25, 0.3) is 71.2 Å². The summed E-state index contributed by atoms with van der Waals surface area (Å²) in [5, 5.41) is 7.39. The van der Waals surface area contributed by atoms with Crippen LogP contribution >= 0.6 is 0 Å². The molecule has 0 amide bonds. The second kappa shape index (κ2) is 10.7. The van der Waals surface area contributed by atoms with Gasteiger partial charge in [-0.2, -0.15) is 0 Å². The van der Waals surface area contributed by atoms with Gasteiger partial charge in [-0.15, -0.1) is 6.58 Å². The number of hydrogen-bond donors (Lipinski definition) is 0. The lowest BCUT2D eigenvalue weighted by Crippen LogP contribution is -2.04. The zero-order chi connectivity index (χ0) is 30.6. The zero-order valence-corrected chi connectivity index (χ0v) is 25.4. The van der Waals surface area contributed by atoms with Gasteiger partial charge in [0.1, 0.15) is 11.2 Å². The molecule has 0 N–H and O–H groups in total. The Kier molecular flexibility index (Phi) is 6.17. The van der Waals surface area contributed by atoms with Gasteiger partial charge in [-0.05, 0) is 73.0 Å². The molecule has 220 valence electrons. The fraction of sp³-hybridized carbons (Fsp3) is 0.0698. The molecule has 1 unspecified atom stereocenters. The molecular weight excluding hydrogens is 560 g/mol. The van der Waals surface area contributed by atoms with Gasteiger partial charge in [-0.25, -0.2) is 0 Å². The van der Waals surface area contributed by atoms with E-state index in [9.17, 15) is 0 Å². The quantitative estimate of drug-likeness (QED) is 0.169. The highest BCUT2D eigenvalue weighted by molar-refractivity contribution is 6.11. The number of nitrogens with zero attached hydrogens (tertiary/aromatic N) is 2. The summed E-state index contributed by atoms with van der Waals surface area (Å²) in [6, 6.07) is 47.9. The molecule has 0 spiro atoms. The number of allylic oxidation sites excluding steroid dienone is 3. The lowest BCUT2D eigenvalue weighted by molar-refractivity contribution is 0.653. The fourth-order valence-electron chi connectivity index (χ4n) is 7.35. The van der Waals surface area contributed by atoms with Crippen molar-refractivity contribution in [2.75, 3.05) is 0 Å². The van der Waals surface area contributed by atoms with E-state index in [1.807, 2.05) is 0 Å². The summed E-state index contributed by atoms with van der Waals surface area (Å²) in [5.74, 6) is 0. The summed E-state index contributed by atoms with van der Waals surface area (Å²) >= 11 is 0. The van der Waals surface area contributed by atoms with Crippen molar-refractivity contribution in [2.45, 2.75) is 18.9 Å². The SMILES string of the molecule is C=CC(C/C=C\Cc1ccc2oc3ccc(-n4c5ccccc5c5ccccc54)cc3c2c1)n1c2ccccc2c2ccccc21. The second-order valence-electron chi connectivity index (χ2n) is 12.1. The largest absolute Gasteiger partial charge is 0.456 e. The van der Waals surface area contributed by atoms with E-state index in [4.69, 9.17) is 4.42 Å². The van der Waals surface area contributed by atoms with Crippen LogP contribution in [0.3, 0.4) is 0 Å². The first-order chi connectivity index (χ1) is 22.8. The van der Waals surface area contributed by atoms with Gasteiger partial charge in [-0.3, -0.25) is 0 Å². The highest BCUT2D eigenvalue weighted by Crippen LogP contribution is 2.36. The molecule has 3 aromatic heterocycles. The maximum absolute atomic E-state index is 6.30. The topological polar surface area (TPSA) is 23.0 Å². The van der Waals surface area contributed by atoms with Crippen molar-refractivity contribution >= 4 is 65.6 Å². The molecule has 0 saturated carbocycles. The lowest BCUT2D eigenvalue weighted by Gasteiger charge is -2.16. The molecule has 0 aliphatic rings. The third-order valence-corrected chi connectivity index (χ3v) is 9.47. The Hall–Kier alpha value is -5.80. The number of rotatable bonds is 7. The van der Waals surface area contributed by atoms with Crippen LogP contribution in [0.15, 0.2) is 163 Å². The van der Waals surface area contributed by atoms with Crippen LogP contribution in [-0.2, 0) is 6.42 Å². The van der Waals surface area contributed by atoms with E-state index in [1.54, 1.807) is 0 Å². The number of aromatic nitrogens is 2. The number of fused-ring (bicyclic) bond motifs is 9. The minimum Gasteiger partial charge on any atom is -0.456 e. The number of benzene rings is 6. The van der Waals surface area contributed by atoms with Crippen molar-refractivity contribution in [3.05, 3.63) is 164 Å². The van der Waals surface area contributed by atoms with Crippen molar-refractivity contribution in [3.8, 4) is 5.69 Å². The molecule has 9 aromatic rings. The average Bonchev–Trinajstić information content (AvgIpc) is 3.76. The zero-order valence-electron chi connectivity index (χ0n) is 25.4. The van der Waals surface area contributed by atoms with E-state index in [0.717, 1.165) is 40.5 Å². The molecule has 6 aromatic carbocycles. The van der Waals surface area contributed by atoms with Crippen LogP contribution in [0.1, 0.15) is 18.0 Å². The molecule has 0 aliphatic heterocycles. The normalized spacial score (nSPS) is 12.9. The molecule has 0 radical (unpaired) electrons. The molecule has 0 aliphatic carbocycles. The van der Waals surface area contributed by atoms with Crippen LogP contribution in [0.4, 0.5) is 0 Å². The molecule has 0 fully saturated rings. The van der Waals surface area contributed by atoms with Crippen molar-refractivity contribution in [1.82, 2.24) is 9.13 Å². The molecule has 0 saturated heterocycles. The maximum atomic E-state index is 6.30. The van der Waals surface area contributed by atoms with Gasteiger partial charge in [0.05, 0.1) is 17.1 Å². The minimum absolute atomic E-state index is 0.167. The first-order valence-electron chi connectivity index (χ1n) is 16.0. The molecule has 3 heterocycles. The summed E-state index contributed by atoms with van der Waals surface area (Å²) in [6.45, 7) is 4.22. The standard InChI is InChI=1S/C43H32N2O/c1-2-30(44-38-19-9-5-15-32(38)33-16-6-10-20-39(33)44)14-4-3-13-29-23-25-42-36(27-29)37-28-31(24-26-43(37)46-42)45-40-21-11-7-17-34(40)35-18-8-12-22-41(35)45/h2-12,15-28,30H,1,13-14H2/b4-3-. The van der Waals surface area contributed by atoms with Crippen LogP contribution in [0.5, 0.6) is 0 Å². The van der Waals surface area contributed by atoms with Gasteiger partial charge < -0.3 is 13.6 Å². The van der Waals surface area contributed by atoms with Crippen molar-refractivity contribution in [1.29, 1.82) is 0 Å². The molecule has 1 atom stereocenters. The molecule has 9 rings (SSSR count). The smallest absolute Gasteiger partial charge is 0.135 e. The Morgan fingerprint density at radius 2 is 1.07 bits per heavy atom. The van der Waals surface area contributed by atoms with E-state index in [-0.39, 0.29) is 6.04 Å². The van der Waals surface area contributed by atoms with E-state index < -0.39 is 0 Å². The first kappa shape index (κ1) is 26.6. The maximum Gasteiger partial charge on any atom is 0.135 e.